The number of carbonyl (C=O) groups excluding carboxylic acids is 1. The molecule has 0 atom stereocenters. The summed E-state index contributed by atoms with van der Waals surface area (Å²) in [4.78, 5) is 11.2. The van der Waals surface area contributed by atoms with Crippen LogP contribution in [0.4, 0.5) is 5.69 Å². The number of benzene rings is 1. The molecular formula is C11H13Cl2NO2. The predicted octanol–water partition coefficient (Wildman–Crippen LogP) is 3.30. The number of alkyl halides is 1. The minimum Gasteiger partial charge on any atom is -0.489 e. The third-order valence-corrected chi connectivity index (χ3v) is 2.18. The number of amides is 1. The van der Waals surface area contributed by atoms with Crippen LogP contribution in [0.2, 0.25) is 5.02 Å². The lowest BCUT2D eigenvalue weighted by Gasteiger charge is -2.14. The smallest absolute Gasteiger partial charge is 0.239 e. The van der Waals surface area contributed by atoms with Crippen LogP contribution in [-0.2, 0) is 4.79 Å². The van der Waals surface area contributed by atoms with Gasteiger partial charge in [-0.3, -0.25) is 4.79 Å². The summed E-state index contributed by atoms with van der Waals surface area (Å²) in [5, 5.41) is 3.15. The summed E-state index contributed by atoms with van der Waals surface area (Å²) in [7, 11) is 0. The molecule has 0 aliphatic carbocycles. The van der Waals surface area contributed by atoms with Crippen LogP contribution in [0, 0.1) is 0 Å². The average molecular weight is 262 g/mol. The Morgan fingerprint density at radius 3 is 2.75 bits per heavy atom. The molecule has 0 bridgehead atoms. The highest BCUT2D eigenvalue weighted by molar-refractivity contribution is 6.31. The van der Waals surface area contributed by atoms with Crippen molar-refractivity contribution in [3.8, 4) is 5.75 Å². The second kappa shape index (κ2) is 5.97. The number of hydrogen-bond donors (Lipinski definition) is 1. The molecular weight excluding hydrogens is 249 g/mol. The summed E-state index contributed by atoms with van der Waals surface area (Å²) in [6, 6.07) is 5.05. The van der Waals surface area contributed by atoms with E-state index in [1.165, 1.54) is 0 Å². The first-order valence-electron chi connectivity index (χ1n) is 4.85. The van der Waals surface area contributed by atoms with E-state index in [2.05, 4.69) is 5.32 Å². The minimum atomic E-state index is -0.294. The van der Waals surface area contributed by atoms with Gasteiger partial charge in [-0.25, -0.2) is 0 Å². The first-order chi connectivity index (χ1) is 7.52. The predicted molar refractivity (Wildman–Crippen MR) is 66.6 cm³/mol. The number of hydrogen-bond acceptors (Lipinski definition) is 2. The lowest BCUT2D eigenvalue weighted by atomic mass is 10.3. The second-order valence-electron chi connectivity index (χ2n) is 3.49. The Morgan fingerprint density at radius 2 is 2.19 bits per heavy atom. The van der Waals surface area contributed by atoms with Crippen LogP contribution in [0.3, 0.4) is 0 Å². The van der Waals surface area contributed by atoms with Crippen molar-refractivity contribution in [3.05, 3.63) is 23.2 Å². The maximum Gasteiger partial charge on any atom is 0.239 e. The van der Waals surface area contributed by atoms with Crippen molar-refractivity contribution in [2.75, 3.05) is 11.2 Å². The molecule has 88 valence electrons. The Hall–Kier alpha value is -0.930. The molecule has 0 spiro atoms. The van der Waals surface area contributed by atoms with Crippen molar-refractivity contribution in [2.24, 2.45) is 0 Å². The summed E-state index contributed by atoms with van der Waals surface area (Å²) < 4.78 is 5.53. The molecule has 0 fully saturated rings. The van der Waals surface area contributed by atoms with E-state index in [9.17, 15) is 4.79 Å². The monoisotopic (exact) mass is 261 g/mol. The van der Waals surface area contributed by atoms with Gasteiger partial charge < -0.3 is 10.1 Å². The first kappa shape index (κ1) is 13.1. The van der Waals surface area contributed by atoms with E-state index in [0.717, 1.165) is 0 Å². The fourth-order valence-corrected chi connectivity index (χ4v) is 1.38. The van der Waals surface area contributed by atoms with Gasteiger partial charge in [0.15, 0.2) is 0 Å². The van der Waals surface area contributed by atoms with Gasteiger partial charge in [0.25, 0.3) is 0 Å². The lowest BCUT2D eigenvalue weighted by Crippen LogP contribution is -2.15. The molecule has 1 amide bonds. The third kappa shape index (κ3) is 3.91. The van der Waals surface area contributed by atoms with E-state index < -0.39 is 0 Å². The number of anilines is 1. The molecule has 1 aromatic rings. The van der Waals surface area contributed by atoms with Gasteiger partial charge in [-0.2, -0.15) is 0 Å². The van der Waals surface area contributed by atoms with Gasteiger partial charge in [-0.1, -0.05) is 11.6 Å². The largest absolute Gasteiger partial charge is 0.489 e. The summed E-state index contributed by atoms with van der Waals surface area (Å²) in [5.74, 6) is 0.184. The number of nitrogens with one attached hydrogen (secondary N) is 1. The van der Waals surface area contributed by atoms with Crippen LogP contribution in [0.25, 0.3) is 0 Å². The van der Waals surface area contributed by atoms with Crippen LogP contribution in [0.15, 0.2) is 18.2 Å². The first-order valence-corrected chi connectivity index (χ1v) is 5.76. The Balaban J connectivity index is 2.93. The highest BCUT2D eigenvalue weighted by atomic mass is 35.5. The minimum absolute atomic E-state index is 0.0211. The molecule has 0 radical (unpaired) electrons. The molecule has 0 aliphatic heterocycles. The Labute approximate surface area is 105 Å². The van der Waals surface area contributed by atoms with Gasteiger partial charge in [-0.05, 0) is 32.0 Å². The molecule has 5 heteroatoms. The van der Waals surface area contributed by atoms with E-state index in [1.807, 2.05) is 13.8 Å². The molecule has 16 heavy (non-hydrogen) atoms. The molecule has 0 saturated heterocycles. The van der Waals surface area contributed by atoms with E-state index in [0.29, 0.717) is 16.5 Å². The average Bonchev–Trinajstić information content (AvgIpc) is 2.21. The molecule has 0 saturated carbocycles. The van der Waals surface area contributed by atoms with Crippen molar-refractivity contribution in [1.82, 2.24) is 0 Å². The van der Waals surface area contributed by atoms with E-state index >= 15 is 0 Å². The number of halogens is 2. The zero-order valence-electron chi connectivity index (χ0n) is 9.09. The zero-order chi connectivity index (χ0) is 12.1. The number of rotatable bonds is 4. The normalized spacial score (nSPS) is 10.3. The molecule has 0 unspecified atom stereocenters. The fraction of sp³-hybridized carbons (Fsp3) is 0.364. The molecule has 1 N–H and O–H groups in total. The molecule has 1 aromatic carbocycles. The van der Waals surface area contributed by atoms with Gasteiger partial charge >= 0.3 is 0 Å². The zero-order valence-corrected chi connectivity index (χ0v) is 10.6. The highest BCUT2D eigenvalue weighted by Gasteiger charge is 2.09. The van der Waals surface area contributed by atoms with Crippen molar-refractivity contribution in [1.29, 1.82) is 0 Å². The molecule has 0 aromatic heterocycles. The number of ether oxygens (including phenoxy) is 1. The second-order valence-corrected chi connectivity index (χ2v) is 4.19. The lowest BCUT2D eigenvalue weighted by molar-refractivity contribution is -0.113. The van der Waals surface area contributed by atoms with E-state index in [1.54, 1.807) is 18.2 Å². The van der Waals surface area contributed by atoms with Crippen LogP contribution in [0.5, 0.6) is 5.75 Å². The standard InChI is InChI=1S/C11H13Cl2NO2/c1-7(2)16-10-4-3-8(13)5-9(10)14-11(15)6-12/h3-5,7H,6H2,1-2H3,(H,14,15). The molecule has 1 rings (SSSR count). The van der Waals surface area contributed by atoms with Gasteiger partial charge in [0.05, 0.1) is 11.8 Å². The maximum absolute atomic E-state index is 11.2. The SMILES string of the molecule is CC(C)Oc1ccc(Cl)cc1NC(=O)CCl. The summed E-state index contributed by atoms with van der Waals surface area (Å²) >= 11 is 11.3. The quantitative estimate of drug-likeness (QED) is 0.845. The molecule has 0 aliphatic rings. The van der Waals surface area contributed by atoms with E-state index in [4.69, 9.17) is 27.9 Å². The summed E-state index contributed by atoms with van der Waals surface area (Å²) in [5.41, 5.74) is 0.534. The van der Waals surface area contributed by atoms with Gasteiger partial charge in [0, 0.05) is 5.02 Å². The van der Waals surface area contributed by atoms with Crippen molar-refractivity contribution in [2.45, 2.75) is 20.0 Å². The van der Waals surface area contributed by atoms with Crippen molar-refractivity contribution in [3.63, 3.8) is 0 Å². The summed E-state index contributed by atoms with van der Waals surface area (Å²) in [6.45, 7) is 3.81. The topological polar surface area (TPSA) is 38.3 Å². The van der Waals surface area contributed by atoms with Crippen molar-refractivity contribution >= 4 is 34.8 Å². The van der Waals surface area contributed by atoms with Crippen molar-refractivity contribution < 1.29 is 9.53 Å². The highest BCUT2D eigenvalue weighted by Crippen LogP contribution is 2.28. The van der Waals surface area contributed by atoms with Crippen LogP contribution in [-0.4, -0.2) is 17.9 Å². The Kier molecular flexibility index (Phi) is 4.90. The van der Waals surface area contributed by atoms with E-state index in [-0.39, 0.29) is 17.9 Å². The van der Waals surface area contributed by atoms with Gasteiger partial charge in [0.1, 0.15) is 11.6 Å². The van der Waals surface area contributed by atoms with Crippen LogP contribution >= 0.6 is 23.2 Å². The van der Waals surface area contributed by atoms with Crippen LogP contribution in [0.1, 0.15) is 13.8 Å². The maximum atomic E-state index is 11.2. The van der Waals surface area contributed by atoms with Crippen LogP contribution < -0.4 is 10.1 Å². The van der Waals surface area contributed by atoms with Gasteiger partial charge in [0.2, 0.25) is 5.91 Å². The molecule has 0 heterocycles. The Bertz CT molecular complexity index is 380. The third-order valence-electron chi connectivity index (χ3n) is 1.70. The number of carbonyl (C=O) groups is 1. The fourth-order valence-electron chi connectivity index (χ4n) is 1.14. The van der Waals surface area contributed by atoms with Gasteiger partial charge in [-0.15, -0.1) is 11.6 Å². The summed E-state index contributed by atoms with van der Waals surface area (Å²) in [6.07, 6.45) is 0.0211. The Morgan fingerprint density at radius 1 is 1.50 bits per heavy atom. The molecule has 3 nitrogen and oxygen atoms in total.